The zero-order valence-electron chi connectivity index (χ0n) is 7.92. The predicted molar refractivity (Wildman–Crippen MR) is 61.9 cm³/mol. The fraction of sp³-hybridized carbons (Fsp3) is 0. The third kappa shape index (κ3) is 1.50. The van der Waals surface area contributed by atoms with Gasteiger partial charge in [0.1, 0.15) is 0 Å². The molecule has 0 saturated heterocycles. The Labute approximate surface area is 93.6 Å². The number of nitrogens with zero attached hydrogens (tertiary/aromatic N) is 2. The minimum atomic E-state index is 0.226. The van der Waals surface area contributed by atoms with Crippen molar-refractivity contribution >= 4 is 24.4 Å². The van der Waals surface area contributed by atoms with E-state index < -0.39 is 0 Å². The molecule has 2 heterocycles. The number of aromatic nitrogens is 2. The van der Waals surface area contributed by atoms with Gasteiger partial charge in [0.15, 0.2) is 0 Å². The standard InChI is InChI=1S/C12H8N2Se/c1-2-7-11-9(5-1)12(14-15-11)10-6-3-4-8-13-10/h1-8H. The van der Waals surface area contributed by atoms with Gasteiger partial charge in [0.25, 0.3) is 0 Å². The Bertz CT molecular complexity index is 587. The summed E-state index contributed by atoms with van der Waals surface area (Å²) in [5, 5.41) is 1.25. The van der Waals surface area contributed by atoms with Gasteiger partial charge in [-0.15, -0.1) is 0 Å². The van der Waals surface area contributed by atoms with Gasteiger partial charge < -0.3 is 0 Å². The van der Waals surface area contributed by atoms with Crippen molar-refractivity contribution in [2.45, 2.75) is 0 Å². The minimum absolute atomic E-state index is 0.226. The van der Waals surface area contributed by atoms with Crippen LogP contribution in [0.1, 0.15) is 0 Å². The van der Waals surface area contributed by atoms with Crippen LogP contribution in [0.4, 0.5) is 0 Å². The SMILES string of the molecule is c1ccc(-c2n[se]c3ccccc23)nc1. The molecule has 0 fully saturated rings. The van der Waals surface area contributed by atoms with Crippen molar-refractivity contribution in [3.8, 4) is 11.4 Å². The Kier molecular flexibility index (Phi) is 2.13. The van der Waals surface area contributed by atoms with E-state index in [1.807, 2.05) is 24.4 Å². The first-order chi connectivity index (χ1) is 7.45. The molecule has 0 aliphatic rings. The summed E-state index contributed by atoms with van der Waals surface area (Å²) < 4.78 is 5.94. The second-order valence-electron chi connectivity index (χ2n) is 3.24. The molecule has 0 saturated carbocycles. The Morgan fingerprint density at radius 3 is 2.67 bits per heavy atom. The molecule has 3 aromatic rings. The number of rotatable bonds is 1. The number of fused-ring (bicyclic) bond motifs is 1. The molecule has 2 nitrogen and oxygen atoms in total. The van der Waals surface area contributed by atoms with E-state index in [2.05, 4.69) is 33.2 Å². The molecule has 3 heteroatoms. The fourth-order valence-corrected chi connectivity index (χ4v) is 3.22. The van der Waals surface area contributed by atoms with E-state index in [0.717, 1.165) is 11.4 Å². The van der Waals surface area contributed by atoms with Gasteiger partial charge >= 0.3 is 93.4 Å². The quantitative estimate of drug-likeness (QED) is 0.627. The second kappa shape index (κ2) is 3.61. The molecule has 0 aliphatic heterocycles. The molecule has 0 radical (unpaired) electrons. The van der Waals surface area contributed by atoms with Crippen LogP contribution in [-0.4, -0.2) is 23.7 Å². The van der Waals surface area contributed by atoms with Gasteiger partial charge in [0.2, 0.25) is 0 Å². The van der Waals surface area contributed by atoms with E-state index in [0.29, 0.717) is 0 Å². The predicted octanol–water partition coefficient (Wildman–Crippen LogP) is 2.35. The van der Waals surface area contributed by atoms with Gasteiger partial charge in [-0.25, -0.2) is 0 Å². The van der Waals surface area contributed by atoms with Crippen LogP contribution in [0.5, 0.6) is 0 Å². The maximum absolute atomic E-state index is 4.59. The molecule has 72 valence electrons. The number of hydrogen-bond acceptors (Lipinski definition) is 2. The second-order valence-corrected chi connectivity index (χ2v) is 4.93. The van der Waals surface area contributed by atoms with Gasteiger partial charge in [0.05, 0.1) is 0 Å². The molecule has 0 amide bonds. The molecule has 2 aromatic heterocycles. The monoisotopic (exact) mass is 260 g/mol. The third-order valence-corrected chi connectivity index (χ3v) is 4.02. The van der Waals surface area contributed by atoms with E-state index in [1.54, 1.807) is 0 Å². The molecule has 15 heavy (non-hydrogen) atoms. The molecule has 0 N–H and O–H groups in total. The summed E-state index contributed by atoms with van der Waals surface area (Å²) in [4.78, 5) is 4.34. The van der Waals surface area contributed by atoms with Crippen molar-refractivity contribution in [1.82, 2.24) is 8.96 Å². The van der Waals surface area contributed by atoms with Crippen LogP contribution in [0, 0.1) is 0 Å². The molecule has 3 rings (SSSR count). The maximum atomic E-state index is 4.59. The summed E-state index contributed by atoms with van der Waals surface area (Å²) in [5.74, 6) is 0. The van der Waals surface area contributed by atoms with E-state index in [-0.39, 0.29) is 14.7 Å². The summed E-state index contributed by atoms with van der Waals surface area (Å²) >= 11 is 0.226. The normalized spacial score (nSPS) is 10.7. The van der Waals surface area contributed by atoms with E-state index in [9.17, 15) is 0 Å². The van der Waals surface area contributed by atoms with E-state index in [4.69, 9.17) is 0 Å². The molecule has 1 aromatic carbocycles. The molecule has 0 bridgehead atoms. The average molecular weight is 259 g/mol. The zero-order valence-corrected chi connectivity index (χ0v) is 9.63. The van der Waals surface area contributed by atoms with Crippen molar-refractivity contribution in [3.63, 3.8) is 0 Å². The molecule has 0 aliphatic carbocycles. The van der Waals surface area contributed by atoms with E-state index >= 15 is 0 Å². The van der Waals surface area contributed by atoms with Crippen LogP contribution in [0.3, 0.4) is 0 Å². The topological polar surface area (TPSA) is 25.8 Å². The van der Waals surface area contributed by atoms with Crippen LogP contribution < -0.4 is 0 Å². The molecule has 0 unspecified atom stereocenters. The van der Waals surface area contributed by atoms with E-state index in [1.165, 1.54) is 9.65 Å². The van der Waals surface area contributed by atoms with Gasteiger partial charge in [-0.1, -0.05) is 0 Å². The summed E-state index contributed by atoms with van der Waals surface area (Å²) in [6, 6.07) is 14.3. The first kappa shape index (κ1) is 8.83. The first-order valence-electron chi connectivity index (χ1n) is 4.71. The number of pyridine rings is 1. The van der Waals surface area contributed by atoms with Crippen molar-refractivity contribution < 1.29 is 0 Å². The fourth-order valence-electron chi connectivity index (χ4n) is 1.57. The Balaban J connectivity index is 2.28. The van der Waals surface area contributed by atoms with Crippen LogP contribution >= 0.6 is 0 Å². The van der Waals surface area contributed by atoms with Crippen LogP contribution in [0.15, 0.2) is 48.7 Å². The first-order valence-corrected chi connectivity index (χ1v) is 6.33. The van der Waals surface area contributed by atoms with Gasteiger partial charge in [-0.2, -0.15) is 0 Å². The summed E-state index contributed by atoms with van der Waals surface area (Å²) in [5.41, 5.74) is 2.02. The van der Waals surface area contributed by atoms with Crippen molar-refractivity contribution in [1.29, 1.82) is 0 Å². The van der Waals surface area contributed by atoms with Crippen molar-refractivity contribution in [2.24, 2.45) is 0 Å². The molecule has 0 spiro atoms. The number of benzene rings is 1. The van der Waals surface area contributed by atoms with Gasteiger partial charge in [-0.05, 0) is 0 Å². The average Bonchev–Trinajstić information content (AvgIpc) is 2.74. The Hall–Kier alpha value is -1.44. The van der Waals surface area contributed by atoms with Crippen molar-refractivity contribution in [2.75, 3.05) is 0 Å². The van der Waals surface area contributed by atoms with Crippen LogP contribution in [0.25, 0.3) is 21.0 Å². The van der Waals surface area contributed by atoms with Gasteiger partial charge in [-0.3, -0.25) is 0 Å². The number of hydrogen-bond donors (Lipinski definition) is 0. The van der Waals surface area contributed by atoms with Crippen LogP contribution in [0.2, 0.25) is 0 Å². The molecule has 0 atom stereocenters. The van der Waals surface area contributed by atoms with Gasteiger partial charge in [0, 0.05) is 0 Å². The summed E-state index contributed by atoms with van der Waals surface area (Å²) in [6.45, 7) is 0. The molecular weight excluding hydrogens is 251 g/mol. The summed E-state index contributed by atoms with van der Waals surface area (Å²) in [7, 11) is 0. The van der Waals surface area contributed by atoms with Crippen molar-refractivity contribution in [3.05, 3.63) is 48.7 Å². The Morgan fingerprint density at radius 2 is 1.80 bits per heavy atom. The van der Waals surface area contributed by atoms with Crippen LogP contribution in [-0.2, 0) is 0 Å². The Morgan fingerprint density at radius 1 is 0.933 bits per heavy atom. The molecular formula is C12H8N2Se. The summed E-state index contributed by atoms with van der Waals surface area (Å²) in [6.07, 6.45) is 1.81. The third-order valence-electron chi connectivity index (χ3n) is 2.28. The zero-order chi connectivity index (χ0) is 10.1.